The number of aromatic nitrogens is 4. The van der Waals surface area contributed by atoms with Crippen LogP contribution in [0.15, 0.2) is 109 Å². The topological polar surface area (TPSA) is 44.9 Å². The molecular formula is C45H36N4OPtS. The molecule has 0 N–H and O–H groups in total. The van der Waals surface area contributed by atoms with Crippen molar-refractivity contribution in [2.24, 2.45) is 0 Å². The summed E-state index contributed by atoms with van der Waals surface area (Å²) >= 11 is 1.83. The molecule has 0 spiro atoms. The van der Waals surface area contributed by atoms with Crippen LogP contribution in [0.1, 0.15) is 43.0 Å². The molecule has 0 saturated heterocycles. The van der Waals surface area contributed by atoms with E-state index in [0.29, 0.717) is 11.5 Å². The van der Waals surface area contributed by atoms with E-state index < -0.39 is 0 Å². The molecule has 52 heavy (non-hydrogen) atoms. The number of hydrogen-bond acceptors (Lipinski definition) is 4. The molecule has 0 aliphatic rings. The Labute approximate surface area is 321 Å². The van der Waals surface area contributed by atoms with Crippen LogP contribution in [0.5, 0.6) is 11.5 Å². The molecule has 0 amide bonds. The first-order valence-corrected chi connectivity index (χ1v) is 18.1. The Morgan fingerprint density at radius 1 is 0.712 bits per heavy atom. The van der Waals surface area contributed by atoms with Crippen LogP contribution < -0.4 is 4.74 Å². The van der Waals surface area contributed by atoms with E-state index in [2.05, 4.69) is 131 Å². The van der Waals surface area contributed by atoms with Crippen LogP contribution in [0.4, 0.5) is 0 Å². The normalized spacial score (nSPS) is 11.9. The van der Waals surface area contributed by atoms with Crippen LogP contribution in [-0.2, 0) is 26.5 Å². The largest absolute Gasteiger partial charge is 2.00 e. The summed E-state index contributed by atoms with van der Waals surface area (Å²) in [5, 5.41) is 9.71. The fourth-order valence-electron chi connectivity index (χ4n) is 7.37. The zero-order chi connectivity index (χ0) is 35.0. The fraction of sp³-hybridized carbons (Fsp3) is 0.156. The summed E-state index contributed by atoms with van der Waals surface area (Å²) in [6.07, 6.45) is 3.89. The molecule has 9 aromatic rings. The quantitative estimate of drug-likeness (QED) is 0.162. The number of ether oxygens (including phenoxy) is 1. The van der Waals surface area contributed by atoms with Gasteiger partial charge in [0.1, 0.15) is 5.82 Å². The average Bonchev–Trinajstić information content (AvgIpc) is 3.81. The standard InChI is InChI=1S/C45H36N4OS.Pt/c1-27-20-28(2)44(29(3)21-27)38-17-19-48(47-38)31-10-9-11-32(23-31)50-33-14-15-34-36-26-42-37(35-12-7-8-13-41(35)51-42)25-40(36)49(39(34)24-33)43-22-30(16-18-46-43)45(4,5)6;/h7-22,25-26H,1-6H3;/q-2;+2. The Kier molecular flexibility index (Phi) is 8.44. The molecule has 5 nitrogen and oxygen atoms in total. The molecule has 0 bridgehead atoms. The van der Waals surface area contributed by atoms with Gasteiger partial charge in [-0.15, -0.1) is 47.1 Å². The summed E-state index contributed by atoms with van der Waals surface area (Å²) in [6.45, 7) is 13.1. The van der Waals surface area contributed by atoms with Gasteiger partial charge in [-0.3, -0.25) is 4.68 Å². The monoisotopic (exact) mass is 875 g/mol. The number of aryl methyl sites for hydroxylation is 3. The van der Waals surface area contributed by atoms with Crippen molar-refractivity contribution in [1.29, 1.82) is 0 Å². The van der Waals surface area contributed by atoms with E-state index in [1.54, 1.807) is 0 Å². The summed E-state index contributed by atoms with van der Waals surface area (Å²) < 4.78 is 13.1. The van der Waals surface area contributed by atoms with Gasteiger partial charge in [-0.2, -0.15) is 17.2 Å². The van der Waals surface area contributed by atoms with Gasteiger partial charge < -0.3 is 9.30 Å². The number of pyridine rings is 1. The number of benzene rings is 5. The second-order valence-electron chi connectivity index (χ2n) is 14.5. The van der Waals surface area contributed by atoms with Crippen LogP contribution >= 0.6 is 11.3 Å². The molecule has 0 atom stereocenters. The van der Waals surface area contributed by atoms with Crippen molar-refractivity contribution < 1.29 is 25.8 Å². The van der Waals surface area contributed by atoms with E-state index in [0.717, 1.165) is 39.0 Å². The Hall–Kier alpha value is -5.03. The number of nitrogens with zero attached hydrogens (tertiary/aromatic N) is 4. The van der Waals surface area contributed by atoms with Crippen LogP contribution in [0.3, 0.4) is 0 Å². The van der Waals surface area contributed by atoms with E-state index in [1.165, 1.54) is 48.0 Å². The average molecular weight is 876 g/mol. The minimum Gasteiger partial charge on any atom is -0.509 e. The zero-order valence-electron chi connectivity index (χ0n) is 29.8. The van der Waals surface area contributed by atoms with E-state index >= 15 is 0 Å². The Morgan fingerprint density at radius 3 is 2.31 bits per heavy atom. The number of thiophene rings is 1. The molecule has 4 aromatic heterocycles. The molecule has 4 heterocycles. The van der Waals surface area contributed by atoms with Gasteiger partial charge in [0.25, 0.3) is 0 Å². The fourth-order valence-corrected chi connectivity index (χ4v) is 8.49. The number of rotatable bonds is 5. The Balaban J connectivity index is 0.00000387. The molecule has 7 heteroatoms. The summed E-state index contributed by atoms with van der Waals surface area (Å²) in [4.78, 5) is 4.91. The van der Waals surface area contributed by atoms with Crippen molar-refractivity contribution in [3.63, 3.8) is 0 Å². The molecular weight excluding hydrogens is 840 g/mol. The molecule has 0 saturated carbocycles. The van der Waals surface area contributed by atoms with Crippen LogP contribution in [0.2, 0.25) is 0 Å². The molecule has 0 aliphatic carbocycles. The Bertz CT molecular complexity index is 2790. The first kappa shape index (κ1) is 34.1. The van der Waals surface area contributed by atoms with Crippen LogP contribution in [0, 0.1) is 32.9 Å². The molecule has 0 aliphatic heterocycles. The first-order valence-electron chi connectivity index (χ1n) is 17.2. The smallest absolute Gasteiger partial charge is 0.509 e. The van der Waals surface area contributed by atoms with Crippen molar-refractivity contribution in [1.82, 2.24) is 19.3 Å². The first-order chi connectivity index (χ1) is 24.6. The second kappa shape index (κ2) is 12.9. The van der Waals surface area contributed by atoms with Gasteiger partial charge >= 0.3 is 21.1 Å². The molecule has 5 aromatic carbocycles. The van der Waals surface area contributed by atoms with Gasteiger partial charge in [-0.25, -0.2) is 4.98 Å². The summed E-state index contributed by atoms with van der Waals surface area (Å²) in [6, 6.07) is 41.1. The van der Waals surface area contributed by atoms with Gasteiger partial charge in [0.05, 0.1) is 5.69 Å². The third kappa shape index (κ3) is 5.84. The summed E-state index contributed by atoms with van der Waals surface area (Å²) in [7, 11) is 0. The maximum absolute atomic E-state index is 6.49. The second-order valence-corrected chi connectivity index (χ2v) is 15.5. The van der Waals surface area contributed by atoms with Gasteiger partial charge in [-0.05, 0) is 90.3 Å². The molecule has 9 rings (SSSR count). The molecule has 258 valence electrons. The third-order valence-electron chi connectivity index (χ3n) is 9.73. The van der Waals surface area contributed by atoms with Crippen molar-refractivity contribution in [3.8, 4) is 34.3 Å². The predicted octanol–water partition coefficient (Wildman–Crippen LogP) is 12.0. The minimum absolute atomic E-state index is 0. The van der Waals surface area contributed by atoms with Gasteiger partial charge in [0.2, 0.25) is 0 Å². The SMILES string of the molecule is Cc1cc(C)c(-c2ccn(-c3[c-]c(Oc4[c-]c5c(cc4)c4cc6sc7ccccc7c6cc4n5-c4cc(C(C)(C)C)ccn4)ccc3)n2)c(C)c1.[Pt+2]. The van der Waals surface area contributed by atoms with Crippen LogP contribution in [-0.4, -0.2) is 19.3 Å². The third-order valence-corrected chi connectivity index (χ3v) is 10.9. The maximum atomic E-state index is 6.49. The van der Waals surface area contributed by atoms with Gasteiger partial charge in [0, 0.05) is 55.1 Å². The number of fused-ring (bicyclic) bond motifs is 6. The molecule has 0 fully saturated rings. The van der Waals surface area contributed by atoms with Crippen LogP contribution in [0.25, 0.3) is 64.7 Å². The zero-order valence-corrected chi connectivity index (χ0v) is 32.9. The molecule has 0 radical (unpaired) electrons. The van der Waals surface area contributed by atoms with Crippen molar-refractivity contribution in [2.45, 2.75) is 47.0 Å². The molecule has 0 unspecified atom stereocenters. The summed E-state index contributed by atoms with van der Waals surface area (Å²) in [5.74, 6) is 2.05. The number of hydrogen-bond donors (Lipinski definition) is 0. The van der Waals surface area contributed by atoms with E-state index in [-0.39, 0.29) is 26.5 Å². The van der Waals surface area contributed by atoms with Gasteiger partial charge in [0.15, 0.2) is 0 Å². The van der Waals surface area contributed by atoms with E-state index in [9.17, 15) is 0 Å². The van der Waals surface area contributed by atoms with E-state index in [1.807, 2.05) is 52.7 Å². The van der Waals surface area contributed by atoms with Crippen molar-refractivity contribution in [3.05, 3.63) is 144 Å². The summed E-state index contributed by atoms with van der Waals surface area (Å²) in [5.41, 5.74) is 9.80. The maximum Gasteiger partial charge on any atom is 2.00 e. The predicted molar refractivity (Wildman–Crippen MR) is 211 cm³/mol. The van der Waals surface area contributed by atoms with Crippen molar-refractivity contribution >= 4 is 53.3 Å². The Morgan fingerprint density at radius 2 is 1.50 bits per heavy atom. The van der Waals surface area contributed by atoms with Crippen molar-refractivity contribution in [2.75, 3.05) is 0 Å². The van der Waals surface area contributed by atoms with Gasteiger partial charge in [-0.1, -0.05) is 62.2 Å². The van der Waals surface area contributed by atoms with E-state index in [4.69, 9.17) is 14.8 Å². The minimum atomic E-state index is -0.0285.